The maximum atomic E-state index is 12.7. The third-order valence-electron chi connectivity index (χ3n) is 4.12. The molecular weight excluding hydrogens is 332 g/mol. The number of esters is 1. The second-order valence-electron chi connectivity index (χ2n) is 5.61. The minimum Gasteiger partial charge on any atom is -0.463 e. The number of furan rings is 1. The first-order valence-corrected chi connectivity index (χ1v) is 8.86. The van der Waals surface area contributed by atoms with Crippen LogP contribution in [0.2, 0.25) is 0 Å². The summed E-state index contributed by atoms with van der Waals surface area (Å²) in [6.07, 6.45) is 0. The summed E-state index contributed by atoms with van der Waals surface area (Å²) in [5, 5.41) is -0.288. The van der Waals surface area contributed by atoms with Crippen LogP contribution in [0.1, 0.15) is 22.0 Å². The number of methoxy groups -OCH3 is 1. The molecule has 2 atom stereocenters. The first-order chi connectivity index (χ1) is 11.4. The Morgan fingerprint density at radius 3 is 2.58 bits per heavy atom. The molecule has 1 aromatic heterocycles. The van der Waals surface area contributed by atoms with E-state index in [9.17, 15) is 13.2 Å². The average molecular weight is 350 g/mol. The van der Waals surface area contributed by atoms with Crippen molar-refractivity contribution in [2.45, 2.75) is 17.1 Å². The fourth-order valence-electron chi connectivity index (χ4n) is 2.84. The van der Waals surface area contributed by atoms with E-state index in [0.29, 0.717) is 0 Å². The van der Waals surface area contributed by atoms with Gasteiger partial charge in [-0.25, -0.2) is 13.2 Å². The van der Waals surface area contributed by atoms with Gasteiger partial charge in [-0.1, -0.05) is 30.3 Å². The van der Waals surface area contributed by atoms with Crippen molar-refractivity contribution >= 4 is 16.0 Å². The molecule has 1 aliphatic rings. The molecule has 7 nitrogen and oxygen atoms in total. The van der Waals surface area contributed by atoms with Crippen LogP contribution < -0.4 is 5.73 Å². The van der Waals surface area contributed by atoms with Gasteiger partial charge in [0.15, 0.2) is 0 Å². The van der Waals surface area contributed by atoms with Crippen LogP contribution in [0.15, 0.2) is 52.0 Å². The monoisotopic (exact) mass is 350 g/mol. The molecule has 0 amide bonds. The highest BCUT2D eigenvalue weighted by Crippen LogP contribution is 2.31. The molecule has 0 bridgehead atoms. The summed E-state index contributed by atoms with van der Waals surface area (Å²) in [5.74, 6) is -0.966. The summed E-state index contributed by atoms with van der Waals surface area (Å²) in [6.45, 7) is 0.456. The highest BCUT2D eigenvalue weighted by molar-refractivity contribution is 7.89. The Kier molecular flexibility index (Phi) is 4.44. The van der Waals surface area contributed by atoms with Gasteiger partial charge in [0.25, 0.3) is 10.0 Å². The van der Waals surface area contributed by atoms with E-state index >= 15 is 0 Å². The predicted molar refractivity (Wildman–Crippen MR) is 86.0 cm³/mol. The second-order valence-corrected chi connectivity index (χ2v) is 7.48. The number of carbonyl (C=O) groups is 1. The maximum absolute atomic E-state index is 12.7. The molecule has 3 rings (SSSR count). The van der Waals surface area contributed by atoms with Crippen molar-refractivity contribution in [2.75, 3.05) is 20.2 Å². The molecule has 2 aromatic rings. The lowest BCUT2D eigenvalue weighted by Crippen LogP contribution is -2.32. The summed E-state index contributed by atoms with van der Waals surface area (Å²) < 4.78 is 36.4. The van der Waals surface area contributed by atoms with Gasteiger partial charge in [0.1, 0.15) is 0 Å². The van der Waals surface area contributed by atoms with Crippen LogP contribution in [0.5, 0.6) is 0 Å². The van der Waals surface area contributed by atoms with E-state index < -0.39 is 16.0 Å². The Hall–Kier alpha value is -2.16. The zero-order chi connectivity index (χ0) is 17.3. The van der Waals surface area contributed by atoms with Crippen molar-refractivity contribution in [2.24, 2.45) is 5.73 Å². The van der Waals surface area contributed by atoms with Crippen molar-refractivity contribution in [1.82, 2.24) is 4.31 Å². The Morgan fingerprint density at radius 1 is 1.21 bits per heavy atom. The van der Waals surface area contributed by atoms with Gasteiger partial charge in [0.05, 0.1) is 7.11 Å². The van der Waals surface area contributed by atoms with Crippen LogP contribution in [0.25, 0.3) is 0 Å². The van der Waals surface area contributed by atoms with Crippen molar-refractivity contribution in [3.05, 3.63) is 53.8 Å². The van der Waals surface area contributed by atoms with Gasteiger partial charge in [-0.2, -0.15) is 4.31 Å². The molecule has 8 heteroatoms. The van der Waals surface area contributed by atoms with E-state index in [0.717, 1.165) is 5.56 Å². The van der Waals surface area contributed by atoms with Gasteiger partial charge in [0.2, 0.25) is 10.9 Å². The third kappa shape index (κ3) is 2.95. The summed E-state index contributed by atoms with van der Waals surface area (Å²) in [5.41, 5.74) is 7.14. The number of ether oxygens (including phenoxy) is 1. The Morgan fingerprint density at radius 2 is 1.92 bits per heavy atom. The van der Waals surface area contributed by atoms with Gasteiger partial charge in [0, 0.05) is 25.0 Å². The summed E-state index contributed by atoms with van der Waals surface area (Å²) in [6, 6.07) is 11.8. The molecule has 2 heterocycles. The number of hydrogen-bond donors (Lipinski definition) is 1. The van der Waals surface area contributed by atoms with E-state index in [4.69, 9.17) is 10.2 Å². The minimum atomic E-state index is -3.85. The van der Waals surface area contributed by atoms with Gasteiger partial charge in [-0.3, -0.25) is 0 Å². The van der Waals surface area contributed by atoms with E-state index in [1.807, 2.05) is 30.3 Å². The number of hydrogen-bond acceptors (Lipinski definition) is 6. The molecule has 24 heavy (non-hydrogen) atoms. The largest absolute Gasteiger partial charge is 0.463 e. The molecule has 128 valence electrons. The number of benzene rings is 1. The number of sulfonamides is 1. The zero-order valence-electron chi connectivity index (χ0n) is 13.1. The zero-order valence-corrected chi connectivity index (χ0v) is 13.9. The summed E-state index contributed by atoms with van der Waals surface area (Å²) in [7, 11) is -2.66. The summed E-state index contributed by atoms with van der Waals surface area (Å²) >= 11 is 0. The highest BCUT2D eigenvalue weighted by atomic mass is 32.2. The standard InChI is InChI=1S/C16H18N2O5S/c1-22-16(19)14-7-8-15(23-14)24(20,21)18-9-12(13(17)10-18)11-5-3-2-4-6-11/h2-8,12-13H,9-10,17H2,1H3/t12-,13+/m0/s1. The van der Waals surface area contributed by atoms with Crippen LogP contribution in [-0.2, 0) is 14.8 Å². The molecule has 0 aliphatic carbocycles. The number of nitrogens with two attached hydrogens (primary N) is 1. The van der Waals surface area contributed by atoms with Gasteiger partial charge in [-0.05, 0) is 17.7 Å². The molecule has 0 radical (unpaired) electrons. The topological polar surface area (TPSA) is 103 Å². The van der Waals surface area contributed by atoms with Crippen molar-refractivity contribution in [1.29, 1.82) is 0 Å². The highest BCUT2D eigenvalue weighted by Gasteiger charge is 2.39. The lowest BCUT2D eigenvalue weighted by molar-refractivity contribution is 0.0558. The van der Waals surface area contributed by atoms with Crippen LogP contribution in [0, 0.1) is 0 Å². The van der Waals surface area contributed by atoms with E-state index in [-0.39, 0.29) is 35.9 Å². The maximum Gasteiger partial charge on any atom is 0.374 e. The third-order valence-corrected chi connectivity index (χ3v) is 5.83. The fourth-order valence-corrected chi connectivity index (χ4v) is 4.25. The average Bonchev–Trinajstić information content (AvgIpc) is 3.22. The van der Waals surface area contributed by atoms with Gasteiger partial charge in [-0.15, -0.1) is 0 Å². The molecule has 1 aromatic carbocycles. The van der Waals surface area contributed by atoms with E-state index in [2.05, 4.69) is 4.74 Å². The molecule has 0 spiro atoms. The van der Waals surface area contributed by atoms with Crippen LogP contribution in [-0.4, -0.2) is 44.9 Å². The molecule has 1 fully saturated rings. The van der Waals surface area contributed by atoms with Crippen LogP contribution in [0.3, 0.4) is 0 Å². The predicted octanol–water partition coefficient (Wildman–Crippen LogP) is 1.18. The first-order valence-electron chi connectivity index (χ1n) is 7.42. The van der Waals surface area contributed by atoms with Crippen LogP contribution >= 0.6 is 0 Å². The van der Waals surface area contributed by atoms with Gasteiger partial charge >= 0.3 is 5.97 Å². The molecule has 0 saturated carbocycles. The smallest absolute Gasteiger partial charge is 0.374 e. The normalized spacial score (nSPS) is 21.8. The molecular formula is C16H18N2O5S. The molecule has 1 aliphatic heterocycles. The van der Waals surface area contributed by atoms with Gasteiger partial charge < -0.3 is 14.9 Å². The number of rotatable bonds is 4. The SMILES string of the molecule is COC(=O)c1ccc(S(=O)(=O)N2C[C@@H](N)[C@H](c3ccccc3)C2)o1. The van der Waals surface area contributed by atoms with E-state index in [1.54, 1.807) is 0 Å². The quantitative estimate of drug-likeness (QED) is 0.831. The Bertz CT molecular complexity index is 831. The van der Waals surface area contributed by atoms with Crippen LogP contribution in [0.4, 0.5) is 0 Å². The lowest BCUT2D eigenvalue weighted by atomic mass is 9.95. The van der Waals surface area contributed by atoms with E-state index in [1.165, 1.54) is 23.5 Å². The molecule has 0 unspecified atom stereocenters. The van der Waals surface area contributed by atoms with Crippen molar-refractivity contribution in [3.63, 3.8) is 0 Å². The summed E-state index contributed by atoms with van der Waals surface area (Å²) in [4.78, 5) is 11.4. The second kappa shape index (κ2) is 6.39. The Labute approximate surface area is 140 Å². The number of carbonyl (C=O) groups excluding carboxylic acids is 1. The number of nitrogens with zero attached hydrogens (tertiary/aromatic N) is 1. The van der Waals surface area contributed by atoms with Crippen molar-refractivity contribution in [3.8, 4) is 0 Å². The molecule has 2 N–H and O–H groups in total. The van der Waals surface area contributed by atoms with Crippen molar-refractivity contribution < 1.29 is 22.4 Å². The fraction of sp³-hybridized carbons (Fsp3) is 0.312. The lowest BCUT2D eigenvalue weighted by Gasteiger charge is -2.15. The minimum absolute atomic E-state index is 0.0870. The first kappa shape index (κ1) is 16.7. The Balaban J connectivity index is 1.83. The molecule has 1 saturated heterocycles.